The van der Waals surface area contributed by atoms with Gasteiger partial charge in [-0.25, -0.2) is 4.68 Å². The lowest BCUT2D eigenvalue weighted by Gasteiger charge is -2.17. The van der Waals surface area contributed by atoms with Gasteiger partial charge in [-0.3, -0.25) is 4.79 Å². The average molecular weight is 256 g/mol. The van der Waals surface area contributed by atoms with Gasteiger partial charge in [0.1, 0.15) is 5.69 Å². The fourth-order valence-electron chi connectivity index (χ4n) is 1.91. The Balaban J connectivity index is 2.18. The maximum absolute atomic E-state index is 12.3. The van der Waals surface area contributed by atoms with E-state index < -0.39 is 0 Å². The third-order valence-electron chi connectivity index (χ3n) is 3.03. The summed E-state index contributed by atoms with van der Waals surface area (Å²) in [5.41, 5.74) is 1.76. The molecule has 19 heavy (non-hydrogen) atoms. The van der Waals surface area contributed by atoms with Gasteiger partial charge in [-0.05, 0) is 30.0 Å². The molecule has 0 saturated heterocycles. The lowest BCUT2D eigenvalue weighted by Crippen LogP contribution is -2.12. The highest BCUT2D eigenvalue weighted by Crippen LogP contribution is 2.22. The molecule has 1 aromatic carbocycles. The number of hydrogen-bond acceptors (Lipinski definition) is 2. The zero-order chi connectivity index (χ0) is 13.9. The van der Waals surface area contributed by atoms with Crippen LogP contribution in [-0.4, -0.2) is 15.6 Å². The zero-order valence-electron chi connectivity index (χ0n) is 11.8. The van der Waals surface area contributed by atoms with Crippen molar-refractivity contribution < 1.29 is 4.79 Å². The van der Waals surface area contributed by atoms with E-state index in [-0.39, 0.29) is 11.2 Å². The Morgan fingerprint density at radius 2 is 1.84 bits per heavy atom. The van der Waals surface area contributed by atoms with Gasteiger partial charge in [0.2, 0.25) is 0 Å². The number of nitrogens with zero attached hydrogens (tertiary/aromatic N) is 2. The van der Waals surface area contributed by atoms with Crippen LogP contribution in [0, 0.1) is 5.41 Å². The van der Waals surface area contributed by atoms with E-state index in [0.717, 1.165) is 12.1 Å². The summed E-state index contributed by atoms with van der Waals surface area (Å²) < 4.78 is 1.71. The van der Waals surface area contributed by atoms with Crippen LogP contribution >= 0.6 is 0 Å². The Bertz CT molecular complexity index is 550. The Hall–Kier alpha value is -1.90. The molecule has 0 fully saturated rings. The first kappa shape index (κ1) is 13.5. The monoisotopic (exact) mass is 256 g/mol. The van der Waals surface area contributed by atoms with Crippen LogP contribution in [0.3, 0.4) is 0 Å². The summed E-state index contributed by atoms with van der Waals surface area (Å²) in [4.78, 5) is 12.3. The minimum absolute atomic E-state index is 0.149. The predicted octanol–water partition coefficient (Wildman–Crippen LogP) is 3.88. The van der Waals surface area contributed by atoms with E-state index in [0.29, 0.717) is 12.1 Å². The lowest BCUT2D eigenvalue weighted by atomic mass is 9.89. The molecule has 3 heteroatoms. The second-order valence-electron chi connectivity index (χ2n) is 5.95. The van der Waals surface area contributed by atoms with Crippen molar-refractivity contribution in [3.8, 4) is 5.69 Å². The van der Waals surface area contributed by atoms with Crippen LogP contribution in [0.1, 0.15) is 44.1 Å². The van der Waals surface area contributed by atoms with Crippen LogP contribution < -0.4 is 0 Å². The number of hydrogen-bond donors (Lipinski definition) is 0. The summed E-state index contributed by atoms with van der Waals surface area (Å²) in [6, 6.07) is 11.5. The second-order valence-corrected chi connectivity index (χ2v) is 5.95. The van der Waals surface area contributed by atoms with Crippen LogP contribution in [0.2, 0.25) is 0 Å². The van der Waals surface area contributed by atoms with E-state index in [4.69, 9.17) is 0 Å². The molecule has 0 atom stereocenters. The maximum atomic E-state index is 12.3. The third kappa shape index (κ3) is 3.53. The minimum atomic E-state index is 0.149. The van der Waals surface area contributed by atoms with Crippen molar-refractivity contribution in [3.63, 3.8) is 0 Å². The van der Waals surface area contributed by atoms with Gasteiger partial charge < -0.3 is 0 Å². The number of ketones is 1. The molecule has 1 aromatic heterocycles. The van der Waals surface area contributed by atoms with E-state index in [2.05, 4.69) is 25.9 Å². The fraction of sp³-hybridized carbons (Fsp3) is 0.375. The number of benzene rings is 1. The summed E-state index contributed by atoms with van der Waals surface area (Å²) in [5, 5.41) is 4.25. The molecule has 2 aromatic rings. The summed E-state index contributed by atoms with van der Waals surface area (Å²) >= 11 is 0. The fourth-order valence-corrected chi connectivity index (χ4v) is 1.91. The highest BCUT2D eigenvalue weighted by atomic mass is 16.1. The molecule has 0 spiro atoms. The normalized spacial score (nSPS) is 11.5. The van der Waals surface area contributed by atoms with Crippen molar-refractivity contribution in [3.05, 3.63) is 48.3 Å². The molecule has 0 aliphatic heterocycles. The van der Waals surface area contributed by atoms with Gasteiger partial charge >= 0.3 is 0 Å². The van der Waals surface area contributed by atoms with Gasteiger partial charge in [0, 0.05) is 6.42 Å². The van der Waals surface area contributed by atoms with Gasteiger partial charge in [0.15, 0.2) is 5.78 Å². The molecule has 2 rings (SSSR count). The van der Waals surface area contributed by atoms with E-state index in [9.17, 15) is 4.79 Å². The van der Waals surface area contributed by atoms with Crippen LogP contribution in [0.4, 0.5) is 0 Å². The average Bonchev–Trinajstić information content (AvgIpc) is 2.85. The zero-order valence-corrected chi connectivity index (χ0v) is 11.8. The van der Waals surface area contributed by atoms with Crippen molar-refractivity contribution in [2.45, 2.75) is 33.6 Å². The number of rotatable bonds is 4. The molecule has 0 unspecified atom stereocenters. The standard InChI is InChI=1S/C16H20N2O/c1-16(2,3)11-9-15(19)14-10-12-17-18(14)13-7-5-4-6-8-13/h4-8,10,12H,9,11H2,1-3H3. The SMILES string of the molecule is CC(C)(C)CCC(=O)c1ccnn1-c1ccccc1. The van der Waals surface area contributed by atoms with Crippen LogP contribution in [-0.2, 0) is 0 Å². The molecular formula is C16H20N2O. The predicted molar refractivity (Wildman–Crippen MR) is 76.6 cm³/mol. The smallest absolute Gasteiger partial charge is 0.181 e. The molecule has 0 radical (unpaired) electrons. The van der Waals surface area contributed by atoms with Crippen molar-refractivity contribution in [1.29, 1.82) is 0 Å². The van der Waals surface area contributed by atoms with E-state index in [1.165, 1.54) is 0 Å². The second kappa shape index (κ2) is 5.39. The summed E-state index contributed by atoms with van der Waals surface area (Å²) in [6.45, 7) is 6.44. The summed E-state index contributed by atoms with van der Waals surface area (Å²) in [5.74, 6) is 0.149. The van der Waals surface area contributed by atoms with Crippen molar-refractivity contribution in [1.82, 2.24) is 9.78 Å². The number of Topliss-reactive ketones (excluding diaryl/α,β-unsaturated/α-hetero) is 1. The summed E-state index contributed by atoms with van der Waals surface area (Å²) in [6.07, 6.45) is 3.12. The van der Waals surface area contributed by atoms with E-state index in [1.807, 2.05) is 30.3 Å². The van der Waals surface area contributed by atoms with Crippen molar-refractivity contribution in [2.75, 3.05) is 0 Å². The third-order valence-corrected chi connectivity index (χ3v) is 3.03. The molecule has 0 amide bonds. The first-order chi connectivity index (χ1) is 8.97. The van der Waals surface area contributed by atoms with Gasteiger partial charge in [0.25, 0.3) is 0 Å². The van der Waals surface area contributed by atoms with Crippen molar-refractivity contribution >= 4 is 5.78 Å². The molecule has 1 heterocycles. The molecule has 0 aliphatic carbocycles. The van der Waals surface area contributed by atoms with Gasteiger partial charge in [0.05, 0.1) is 11.9 Å². The van der Waals surface area contributed by atoms with Gasteiger partial charge in [-0.15, -0.1) is 0 Å². The first-order valence-electron chi connectivity index (χ1n) is 6.60. The maximum Gasteiger partial charge on any atom is 0.181 e. The molecule has 0 aliphatic rings. The highest BCUT2D eigenvalue weighted by molar-refractivity contribution is 5.94. The van der Waals surface area contributed by atoms with Gasteiger partial charge in [-0.1, -0.05) is 39.0 Å². The van der Waals surface area contributed by atoms with Gasteiger partial charge in [-0.2, -0.15) is 5.10 Å². The molecular weight excluding hydrogens is 236 g/mol. The Morgan fingerprint density at radius 1 is 1.16 bits per heavy atom. The summed E-state index contributed by atoms with van der Waals surface area (Å²) in [7, 11) is 0. The van der Waals surface area contributed by atoms with E-state index in [1.54, 1.807) is 16.9 Å². The number of carbonyl (C=O) groups is 1. The number of carbonyl (C=O) groups excluding carboxylic acids is 1. The Kier molecular flexibility index (Phi) is 3.84. The molecule has 0 saturated carbocycles. The van der Waals surface area contributed by atoms with Crippen LogP contribution in [0.15, 0.2) is 42.6 Å². The van der Waals surface area contributed by atoms with Crippen LogP contribution in [0.5, 0.6) is 0 Å². The highest BCUT2D eigenvalue weighted by Gasteiger charge is 2.17. The molecule has 100 valence electrons. The first-order valence-corrected chi connectivity index (χ1v) is 6.60. The molecule has 3 nitrogen and oxygen atoms in total. The molecule has 0 N–H and O–H groups in total. The van der Waals surface area contributed by atoms with Crippen LogP contribution in [0.25, 0.3) is 5.69 Å². The lowest BCUT2D eigenvalue weighted by molar-refractivity contribution is 0.0958. The minimum Gasteiger partial charge on any atom is -0.292 e. The number of para-hydroxylation sites is 1. The topological polar surface area (TPSA) is 34.9 Å². The quantitative estimate of drug-likeness (QED) is 0.778. The molecule has 0 bridgehead atoms. The Morgan fingerprint density at radius 3 is 2.47 bits per heavy atom. The Labute approximate surface area is 114 Å². The van der Waals surface area contributed by atoms with Crippen molar-refractivity contribution in [2.24, 2.45) is 5.41 Å². The largest absolute Gasteiger partial charge is 0.292 e. The number of aromatic nitrogens is 2. The van der Waals surface area contributed by atoms with E-state index >= 15 is 0 Å².